The number of hydrogen-bond acceptors (Lipinski definition) is 2. The van der Waals surface area contributed by atoms with Crippen LogP contribution in [0.1, 0.15) is 20.3 Å². The van der Waals surface area contributed by atoms with Crippen LogP contribution in [-0.4, -0.2) is 35.7 Å². The van der Waals surface area contributed by atoms with Gasteiger partial charge < -0.3 is 10.0 Å². The van der Waals surface area contributed by atoms with Crippen molar-refractivity contribution < 1.29 is 5.11 Å². The van der Waals surface area contributed by atoms with E-state index in [4.69, 9.17) is 5.11 Å². The minimum Gasteiger partial charge on any atom is -0.393 e. The fourth-order valence-electron chi connectivity index (χ4n) is 0.871. The third-order valence-electron chi connectivity index (χ3n) is 1.67. The van der Waals surface area contributed by atoms with Crippen LogP contribution >= 0.6 is 0 Å². The molecule has 0 saturated heterocycles. The molecule has 2 heteroatoms. The minimum absolute atomic E-state index is 0.402. The van der Waals surface area contributed by atoms with Gasteiger partial charge in [0.05, 0.1) is 6.10 Å². The molecule has 1 unspecified atom stereocenters. The summed E-state index contributed by atoms with van der Waals surface area (Å²) in [6.45, 7) is 10.8. The lowest BCUT2D eigenvalue weighted by Crippen LogP contribution is -2.26. The van der Waals surface area contributed by atoms with Gasteiger partial charge in [0.1, 0.15) is 0 Å². The highest BCUT2D eigenvalue weighted by Gasteiger charge is 2.00. The molecular weight excluding hydrogens is 126 g/mol. The molecule has 0 spiro atoms. The van der Waals surface area contributed by atoms with Gasteiger partial charge in [-0.15, -0.1) is 0 Å². The summed E-state index contributed by atoms with van der Waals surface area (Å²) in [4.78, 5) is 2.27. The molecule has 0 heterocycles. The topological polar surface area (TPSA) is 23.5 Å². The summed E-state index contributed by atoms with van der Waals surface area (Å²) in [5.41, 5.74) is 0. The fraction of sp³-hybridized carbons (Fsp3) is 0.875. The van der Waals surface area contributed by atoms with Gasteiger partial charge in [0.25, 0.3) is 0 Å². The Bertz CT molecular complexity index is 69.7. The predicted molar refractivity (Wildman–Crippen MR) is 43.8 cm³/mol. The molecule has 0 aromatic heterocycles. The van der Waals surface area contributed by atoms with Crippen LogP contribution < -0.4 is 0 Å². The van der Waals surface area contributed by atoms with Crippen LogP contribution in [0.4, 0.5) is 0 Å². The Hall–Kier alpha value is -0.0800. The van der Waals surface area contributed by atoms with Crippen LogP contribution in [0.25, 0.3) is 0 Å². The molecule has 0 amide bonds. The summed E-state index contributed by atoms with van der Waals surface area (Å²) < 4.78 is 0. The van der Waals surface area contributed by atoms with Gasteiger partial charge in [0.15, 0.2) is 0 Å². The number of nitrogens with zero attached hydrogens (tertiary/aromatic N) is 1. The SMILES string of the molecule is [CH2]C(O)CCN(CC)CC. The Labute approximate surface area is 63.8 Å². The summed E-state index contributed by atoms with van der Waals surface area (Å²) in [5.74, 6) is 0. The van der Waals surface area contributed by atoms with Crippen molar-refractivity contribution in [3.05, 3.63) is 6.92 Å². The van der Waals surface area contributed by atoms with Gasteiger partial charge in [-0.2, -0.15) is 0 Å². The molecule has 2 nitrogen and oxygen atoms in total. The molecule has 1 atom stereocenters. The second-order valence-electron chi connectivity index (χ2n) is 2.47. The molecule has 61 valence electrons. The van der Waals surface area contributed by atoms with Gasteiger partial charge in [-0.1, -0.05) is 13.8 Å². The summed E-state index contributed by atoms with van der Waals surface area (Å²) >= 11 is 0. The molecule has 1 N–H and O–H groups in total. The minimum atomic E-state index is -0.402. The van der Waals surface area contributed by atoms with Gasteiger partial charge in [-0.3, -0.25) is 0 Å². The standard InChI is InChI=1S/C8H18NO/c1-4-9(5-2)7-6-8(3)10/h8,10H,3-7H2,1-2H3. The number of hydrogen-bond donors (Lipinski definition) is 1. The summed E-state index contributed by atoms with van der Waals surface area (Å²) in [7, 11) is 0. The highest BCUT2D eigenvalue weighted by Crippen LogP contribution is 1.93. The summed E-state index contributed by atoms with van der Waals surface area (Å²) in [6, 6.07) is 0. The van der Waals surface area contributed by atoms with Crippen molar-refractivity contribution in [2.75, 3.05) is 19.6 Å². The smallest absolute Gasteiger partial charge is 0.0553 e. The van der Waals surface area contributed by atoms with Gasteiger partial charge in [-0.25, -0.2) is 0 Å². The first-order chi connectivity index (χ1) is 4.70. The number of aliphatic hydroxyl groups is 1. The van der Waals surface area contributed by atoms with Crippen LogP contribution in [0.2, 0.25) is 0 Å². The molecule has 0 aliphatic carbocycles. The van der Waals surface area contributed by atoms with Crippen LogP contribution in [0.3, 0.4) is 0 Å². The zero-order chi connectivity index (χ0) is 7.98. The van der Waals surface area contributed by atoms with Gasteiger partial charge in [0, 0.05) is 6.54 Å². The van der Waals surface area contributed by atoms with E-state index in [-0.39, 0.29) is 0 Å². The molecule has 0 aliphatic rings. The van der Waals surface area contributed by atoms with E-state index in [1.54, 1.807) is 0 Å². The fourth-order valence-corrected chi connectivity index (χ4v) is 0.871. The lowest BCUT2D eigenvalue weighted by Gasteiger charge is -2.18. The van der Waals surface area contributed by atoms with E-state index in [0.29, 0.717) is 0 Å². The quantitative estimate of drug-likeness (QED) is 0.620. The largest absolute Gasteiger partial charge is 0.393 e. The average Bonchev–Trinajstić information content (AvgIpc) is 1.90. The van der Waals surface area contributed by atoms with Gasteiger partial charge in [0.2, 0.25) is 0 Å². The zero-order valence-corrected chi connectivity index (χ0v) is 7.01. The van der Waals surface area contributed by atoms with E-state index in [1.807, 2.05) is 0 Å². The monoisotopic (exact) mass is 144 g/mol. The lowest BCUT2D eigenvalue weighted by molar-refractivity contribution is 0.181. The van der Waals surface area contributed by atoms with Gasteiger partial charge in [-0.05, 0) is 26.4 Å². The maximum atomic E-state index is 8.85. The molecular formula is C8H18NO. The highest BCUT2D eigenvalue weighted by atomic mass is 16.3. The summed E-state index contributed by atoms with van der Waals surface area (Å²) in [6.07, 6.45) is 0.377. The molecule has 0 aromatic carbocycles. The first-order valence-corrected chi connectivity index (χ1v) is 3.94. The van der Waals surface area contributed by atoms with Crippen molar-refractivity contribution in [1.29, 1.82) is 0 Å². The Kier molecular flexibility index (Phi) is 5.64. The maximum absolute atomic E-state index is 8.85. The number of rotatable bonds is 5. The first kappa shape index (κ1) is 9.92. The van der Waals surface area contributed by atoms with Crippen molar-refractivity contribution in [3.8, 4) is 0 Å². The normalized spacial score (nSPS) is 14.1. The van der Waals surface area contributed by atoms with Crippen LogP contribution in [0.15, 0.2) is 0 Å². The molecule has 0 aliphatic heterocycles. The molecule has 1 radical (unpaired) electrons. The molecule has 0 saturated carbocycles. The van der Waals surface area contributed by atoms with E-state index in [1.165, 1.54) is 0 Å². The van der Waals surface area contributed by atoms with Crippen molar-refractivity contribution >= 4 is 0 Å². The van der Waals surface area contributed by atoms with E-state index in [9.17, 15) is 0 Å². The Morgan fingerprint density at radius 1 is 1.40 bits per heavy atom. The van der Waals surface area contributed by atoms with Crippen LogP contribution in [-0.2, 0) is 0 Å². The van der Waals surface area contributed by atoms with E-state index < -0.39 is 6.10 Å². The summed E-state index contributed by atoms with van der Waals surface area (Å²) in [5, 5.41) is 8.85. The Balaban J connectivity index is 3.26. The average molecular weight is 144 g/mol. The van der Waals surface area contributed by atoms with E-state index in [2.05, 4.69) is 25.7 Å². The third-order valence-corrected chi connectivity index (χ3v) is 1.67. The van der Waals surface area contributed by atoms with Crippen molar-refractivity contribution in [2.24, 2.45) is 0 Å². The maximum Gasteiger partial charge on any atom is 0.0553 e. The van der Waals surface area contributed by atoms with Gasteiger partial charge >= 0.3 is 0 Å². The van der Waals surface area contributed by atoms with Crippen molar-refractivity contribution in [1.82, 2.24) is 4.90 Å². The number of aliphatic hydroxyl groups excluding tert-OH is 1. The zero-order valence-electron chi connectivity index (χ0n) is 7.01. The first-order valence-electron chi connectivity index (χ1n) is 3.94. The Morgan fingerprint density at radius 2 is 1.90 bits per heavy atom. The molecule has 10 heavy (non-hydrogen) atoms. The predicted octanol–water partition coefficient (Wildman–Crippen LogP) is 0.913. The van der Waals surface area contributed by atoms with Crippen LogP contribution in [0, 0.1) is 6.92 Å². The lowest BCUT2D eigenvalue weighted by atomic mass is 10.3. The van der Waals surface area contributed by atoms with E-state index in [0.717, 1.165) is 26.1 Å². The second kappa shape index (κ2) is 5.69. The molecule has 0 bridgehead atoms. The van der Waals surface area contributed by atoms with Crippen molar-refractivity contribution in [3.63, 3.8) is 0 Å². The Morgan fingerprint density at radius 3 is 2.20 bits per heavy atom. The molecule has 0 rings (SSSR count). The third kappa shape index (κ3) is 4.77. The second-order valence-corrected chi connectivity index (χ2v) is 2.47. The van der Waals surface area contributed by atoms with Crippen LogP contribution in [0.5, 0.6) is 0 Å². The van der Waals surface area contributed by atoms with Crippen molar-refractivity contribution in [2.45, 2.75) is 26.4 Å². The van der Waals surface area contributed by atoms with E-state index >= 15 is 0 Å². The molecule has 0 fully saturated rings. The molecule has 0 aromatic rings. The highest BCUT2D eigenvalue weighted by molar-refractivity contribution is 4.60.